The Morgan fingerprint density at radius 1 is 0.941 bits per heavy atom. The molecule has 4 aromatic rings. The largest absolute Gasteiger partial charge is 0.507 e. The monoisotopic (exact) mass is 502 g/mol. The van der Waals surface area contributed by atoms with E-state index in [0.717, 1.165) is 27.8 Å². The lowest BCUT2D eigenvalue weighted by molar-refractivity contribution is 0.212. The number of para-hydroxylation sites is 1. The Labute approximate surface area is 201 Å². The first kappa shape index (κ1) is 24.6. The molecule has 3 aromatic carbocycles. The molecule has 0 spiro atoms. The van der Waals surface area contributed by atoms with Gasteiger partial charge in [-0.2, -0.15) is 0 Å². The minimum absolute atomic E-state index is 0.0848. The van der Waals surface area contributed by atoms with Crippen LogP contribution in [0.3, 0.4) is 0 Å². The van der Waals surface area contributed by atoms with Crippen molar-refractivity contribution in [3.63, 3.8) is 0 Å². The summed E-state index contributed by atoms with van der Waals surface area (Å²) in [5.41, 5.74) is 0.976. The molecule has 0 amide bonds. The van der Waals surface area contributed by atoms with Crippen molar-refractivity contribution >= 4 is 29.0 Å². The van der Waals surface area contributed by atoms with Crippen LogP contribution in [0.2, 0.25) is 0 Å². The first-order chi connectivity index (χ1) is 16.4. The van der Waals surface area contributed by atoms with Gasteiger partial charge in [0, 0.05) is 26.1 Å². The van der Waals surface area contributed by atoms with Gasteiger partial charge in [-0.1, -0.05) is 42.5 Å². The Hall–Kier alpha value is -2.57. The first-order valence-corrected chi connectivity index (χ1v) is 13.4. The van der Waals surface area contributed by atoms with Crippen LogP contribution in [0.4, 0.5) is 8.78 Å². The predicted octanol–water partition coefficient (Wildman–Crippen LogP) is 8.10. The standard InChI is InChI=1S/C26H25F2O4PS/c1-3-31-33(30,32-4-2)23(16-17-13-14-20(27)21(28)15-17)26-25(18-9-5-7-11-22(18)29)19-10-6-8-12-24(19)34-26/h5-15,23,29H,3-4,16H2,1-2H3. The number of halogens is 2. The average Bonchev–Trinajstić information content (AvgIpc) is 3.19. The molecule has 1 unspecified atom stereocenters. The van der Waals surface area contributed by atoms with Crippen molar-refractivity contribution in [1.29, 1.82) is 0 Å². The second-order valence-corrected chi connectivity index (χ2v) is 11.0. The average molecular weight is 503 g/mol. The normalized spacial score (nSPS) is 12.8. The topological polar surface area (TPSA) is 55.8 Å². The molecule has 34 heavy (non-hydrogen) atoms. The zero-order valence-corrected chi connectivity index (χ0v) is 20.5. The van der Waals surface area contributed by atoms with Crippen LogP contribution in [-0.4, -0.2) is 18.3 Å². The molecule has 178 valence electrons. The summed E-state index contributed by atoms with van der Waals surface area (Å²) < 4.78 is 54.2. The number of benzene rings is 3. The summed E-state index contributed by atoms with van der Waals surface area (Å²) in [6.45, 7) is 3.77. The van der Waals surface area contributed by atoms with Gasteiger partial charge >= 0.3 is 7.60 Å². The molecule has 4 rings (SSSR count). The Morgan fingerprint density at radius 2 is 1.62 bits per heavy atom. The number of rotatable bonds is 9. The molecule has 0 saturated carbocycles. The summed E-state index contributed by atoms with van der Waals surface area (Å²) in [4.78, 5) is 0.692. The van der Waals surface area contributed by atoms with Gasteiger partial charge in [0.25, 0.3) is 0 Å². The van der Waals surface area contributed by atoms with Gasteiger partial charge in [-0.25, -0.2) is 8.78 Å². The molecule has 0 aliphatic heterocycles. The number of phenolic OH excluding ortho intramolecular Hbond substituents is 1. The second-order valence-electron chi connectivity index (χ2n) is 7.70. The number of hydrogen-bond donors (Lipinski definition) is 1. The van der Waals surface area contributed by atoms with Crippen LogP contribution in [0.15, 0.2) is 66.7 Å². The first-order valence-electron chi connectivity index (χ1n) is 11.0. The van der Waals surface area contributed by atoms with Crippen molar-refractivity contribution in [2.75, 3.05) is 13.2 Å². The van der Waals surface area contributed by atoms with Gasteiger partial charge in [-0.05, 0) is 50.1 Å². The molecule has 1 N–H and O–H groups in total. The van der Waals surface area contributed by atoms with Gasteiger partial charge in [0.05, 0.1) is 13.2 Å². The Kier molecular flexibility index (Phi) is 7.48. The van der Waals surface area contributed by atoms with Crippen LogP contribution in [0.5, 0.6) is 5.75 Å². The van der Waals surface area contributed by atoms with Crippen molar-refractivity contribution in [2.24, 2.45) is 0 Å². The van der Waals surface area contributed by atoms with Crippen LogP contribution in [-0.2, 0) is 20.0 Å². The third-order valence-corrected chi connectivity index (χ3v) is 9.41. The maximum atomic E-state index is 14.1. The lowest BCUT2D eigenvalue weighted by Crippen LogP contribution is -2.10. The van der Waals surface area contributed by atoms with E-state index in [1.807, 2.05) is 30.3 Å². The summed E-state index contributed by atoms with van der Waals surface area (Å²) in [5, 5.41) is 11.6. The third-order valence-electron chi connectivity index (χ3n) is 5.51. The summed E-state index contributed by atoms with van der Waals surface area (Å²) in [6, 6.07) is 18.3. The second kappa shape index (κ2) is 10.4. The molecule has 4 nitrogen and oxygen atoms in total. The lowest BCUT2D eigenvalue weighted by atomic mass is 9.98. The van der Waals surface area contributed by atoms with E-state index < -0.39 is 24.9 Å². The fourth-order valence-corrected chi connectivity index (χ4v) is 7.83. The van der Waals surface area contributed by atoms with Crippen LogP contribution >= 0.6 is 18.9 Å². The van der Waals surface area contributed by atoms with Gasteiger partial charge in [-0.15, -0.1) is 11.3 Å². The van der Waals surface area contributed by atoms with E-state index in [9.17, 15) is 18.5 Å². The molecule has 0 aliphatic carbocycles. The molecule has 8 heteroatoms. The number of phenols is 1. The molecular weight excluding hydrogens is 477 g/mol. The number of fused-ring (bicyclic) bond motifs is 1. The molecule has 0 aliphatic rings. The van der Waals surface area contributed by atoms with E-state index in [2.05, 4.69) is 0 Å². The van der Waals surface area contributed by atoms with Crippen molar-refractivity contribution in [3.05, 3.63) is 88.8 Å². The van der Waals surface area contributed by atoms with Crippen molar-refractivity contribution in [3.8, 4) is 16.9 Å². The van der Waals surface area contributed by atoms with E-state index in [1.54, 1.807) is 32.0 Å². The van der Waals surface area contributed by atoms with Crippen LogP contribution in [0.25, 0.3) is 21.2 Å². The van der Waals surface area contributed by atoms with Crippen LogP contribution < -0.4 is 0 Å². The number of hydrogen-bond acceptors (Lipinski definition) is 5. The van der Waals surface area contributed by atoms with Crippen LogP contribution in [0.1, 0.15) is 29.9 Å². The van der Waals surface area contributed by atoms with Gasteiger partial charge in [0.2, 0.25) is 0 Å². The fraction of sp³-hybridized carbons (Fsp3) is 0.231. The van der Waals surface area contributed by atoms with E-state index in [0.29, 0.717) is 16.0 Å². The van der Waals surface area contributed by atoms with E-state index in [4.69, 9.17) is 9.05 Å². The maximum absolute atomic E-state index is 14.1. The molecule has 1 heterocycles. The Morgan fingerprint density at radius 3 is 2.29 bits per heavy atom. The molecule has 1 atom stereocenters. The zero-order chi connectivity index (χ0) is 24.3. The van der Waals surface area contributed by atoms with Crippen molar-refractivity contribution in [2.45, 2.75) is 25.9 Å². The quantitative estimate of drug-likeness (QED) is 0.235. The van der Waals surface area contributed by atoms with Crippen molar-refractivity contribution in [1.82, 2.24) is 0 Å². The zero-order valence-electron chi connectivity index (χ0n) is 18.8. The SMILES string of the molecule is CCOP(=O)(OCC)C(Cc1ccc(F)c(F)c1)c1sc2ccccc2c1-c1ccccc1O. The van der Waals surface area contributed by atoms with Gasteiger partial charge in [0.15, 0.2) is 11.6 Å². The fourth-order valence-electron chi connectivity index (χ4n) is 4.08. The Balaban J connectivity index is 1.98. The molecule has 1 aromatic heterocycles. The highest BCUT2D eigenvalue weighted by Crippen LogP contribution is 2.65. The van der Waals surface area contributed by atoms with Gasteiger partial charge < -0.3 is 14.2 Å². The Bertz CT molecular complexity index is 1340. The number of thiophene rings is 1. The highest BCUT2D eigenvalue weighted by Gasteiger charge is 2.40. The molecule has 0 bridgehead atoms. The van der Waals surface area contributed by atoms with Crippen LogP contribution in [0, 0.1) is 11.6 Å². The maximum Gasteiger partial charge on any atom is 0.339 e. The van der Waals surface area contributed by atoms with E-state index in [1.165, 1.54) is 17.4 Å². The molecule has 0 radical (unpaired) electrons. The highest BCUT2D eigenvalue weighted by atomic mass is 32.1. The lowest BCUT2D eigenvalue weighted by Gasteiger charge is -2.27. The summed E-state index contributed by atoms with van der Waals surface area (Å²) in [7, 11) is -3.75. The van der Waals surface area contributed by atoms with E-state index in [-0.39, 0.29) is 25.4 Å². The van der Waals surface area contributed by atoms with Gasteiger partial charge in [0.1, 0.15) is 11.4 Å². The molecule has 0 fully saturated rings. The summed E-state index contributed by atoms with van der Waals surface area (Å²) in [5.74, 6) is -1.84. The molecular formula is C26H25F2O4PS. The predicted molar refractivity (Wildman–Crippen MR) is 133 cm³/mol. The summed E-state index contributed by atoms with van der Waals surface area (Å²) >= 11 is 1.43. The number of aromatic hydroxyl groups is 1. The minimum atomic E-state index is -3.75. The minimum Gasteiger partial charge on any atom is -0.507 e. The summed E-state index contributed by atoms with van der Waals surface area (Å²) in [6.07, 6.45) is 0.0991. The van der Waals surface area contributed by atoms with Gasteiger partial charge in [-0.3, -0.25) is 4.57 Å². The smallest absolute Gasteiger partial charge is 0.339 e. The third kappa shape index (κ3) is 4.80. The van der Waals surface area contributed by atoms with E-state index >= 15 is 0 Å². The molecule has 0 saturated heterocycles. The highest BCUT2D eigenvalue weighted by molar-refractivity contribution is 7.54. The van der Waals surface area contributed by atoms with Crippen molar-refractivity contribution < 1.29 is 27.5 Å².